The molecule has 1 unspecified atom stereocenters. The Bertz CT molecular complexity index is 373. The van der Waals surface area contributed by atoms with Crippen molar-refractivity contribution in [2.75, 3.05) is 18.1 Å². The highest BCUT2D eigenvalue weighted by Gasteiger charge is 2.00. The third kappa shape index (κ3) is 4.72. The van der Waals surface area contributed by atoms with Crippen LogP contribution in [0, 0.1) is 5.82 Å². The SMILES string of the molecule is CCS(=O)CCNCc1ccc(F)c(Br)c1. The van der Waals surface area contributed by atoms with Crippen molar-refractivity contribution in [2.45, 2.75) is 13.5 Å². The maximum Gasteiger partial charge on any atom is 0.137 e. The first-order valence-corrected chi connectivity index (χ1v) is 7.41. The molecule has 0 aromatic heterocycles. The Kier molecular flexibility index (Phi) is 6.16. The van der Waals surface area contributed by atoms with Crippen molar-refractivity contribution in [3.05, 3.63) is 34.1 Å². The molecule has 0 bridgehead atoms. The molecule has 90 valence electrons. The Hall–Kier alpha value is -0.260. The average molecular weight is 308 g/mol. The zero-order valence-corrected chi connectivity index (χ0v) is 11.5. The van der Waals surface area contributed by atoms with Crippen molar-refractivity contribution in [1.29, 1.82) is 0 Å². The first kappa shape index (κ1) is 13.8. The predicted molar refractivity (Wildman–Crippen MR) is 69.4 cm³/mol. The topological polar surface area (TPSA) is 29.1 Å². The van der Waals surface area contributed by atoms with Crippen LogP contribution < -0.4 is 5.32 Å². The summed E-state index contributed by atoms with van der Waals surface area (Å²) >= 11 is 3.14. The molecule has 1 atom stereocenters. The summed E-state index contributed by atoms with van der Waals surface area (Å²) in [5.41, 5.74) is 1.01. The maximum absolute atomic E-state index is 12.9. The fourth-order valence-corrected chi connectivity index (χ4v) is 2.30. The molecule has 1 rings (SSSR count). The van der Waals surface area contributed by atoms with Crippen LogP contribution in [0.3, 0.4) is 0 Å². The third-order valence-corrected chi connectivity index (χ3v) is 4.05. The first-order valence-electron chi connectivity index (χ1n) is 5.13. The van der Waals surface area contributed by atoms with Gasteiger partial charge in [0.25, 0.3) is 0 Å². The van der Waals surface area contributed by atoms with Gasteiger partial charge in [-0.15, -0.1) is 0 Å². The molecule has 0 aliphatic carbocycles. The summed E-state index contributed by atoms with van der Waals surface area (Å²) in [4.78, 5) is 0. The van der Waals surface area contributed by atoms with Gasteiger partial charge in [-0.25, -0.2) is 4.39 Å². The van der Waals surface area contributed by atoms with E-state index >= 15 is 0 Å². The van der Waals surface area contributed by atoms with Crippen molar-refractivity contribution in [2.24, 2.45) is 0 Å². The lowest BCUT2D eigenvalue weighted by Crippen LogP contribution is -2.20. The van der Waals surface area contributed by atoms with E-state index in [4.69, 9.17) is 0 Å². The van der Waals surface area contributed by atoms with Gasteiger partial charge >= 0.3 is 0 Å². The van der Waals surface area contributed by atoms with Gasteiger partial charge < -0.3 is 5.32 Å². The molecule has 0 saturated heterocycles. The zero-order valence-electron chi connectivity index (χ0n) is 9.13. The van der Waals surface area contributed by atoms with Crippen LogP contribution in [0.25, 0.3) is 0 Å². The average Bonchev–Trinajstić information content (AvgIpc) is 2.28. The molecule has 0 aliphatic rings. The lowest BCUT2D eigenvalue weighted by molar-refractivity contribution is 0.619. The van der Waals surface area contributed by atoms with Gasteiger partial charge in [-0.05, 0) is 33.6 Å². The molecule has 5 heteroatoms. The molecule has 1 aromatic carbocycles. The summed E-state index contributed by atoms with van der Waals surface area (Å²) in [7, 11) is -0.725. The van der Waals surface area contributed by atoms with Crippen LogP contribution in [-0.2, 0) is 17.3 Å². The quantitative estimate of drug-likeness (QED) is 0.818. The second-order valence-corrected chi connectivity index (χ2v) is 6.08. The first-order chi connectivity index (χ1) is 7.63. The lowest BCUT2D eigenvalue weighted by atomic mass is 10.2. The van der Waals surface area contributed by atoms with Gasteiger partial charge in [0, 0.05) is 35.4 Å². The fourth-order valence-electron chi connectivity index (χ4n) is 1.21. The van der Waals surface area contributed by atoms with Crippen molar-refractivity contribution in [3.8, 4) is 0 Å². The van der Waals surface area contributed by atoms with E-state index in [9.17, 15) is 8.60 Å². The van der Waals surface area contributed by atoms with Crippen LogP contribution in [-0.4, -0.2) is 22.3 Å². The second-order valence-electron chi connectivity index (χ2n) is 3.36. The summed E-state index contributed by atoms with van der Waals surface area (Å²) in [6, 6.07) is 4.92. The van der Waals surface area contributed by atoms with E-state index in [0.717, 1.165) is 12.1 Å². The Balaban J connectivity index is 2.32. The third-order valence-electron chi connectivity index (χ3n) is 2.14. The van der Waals surface area contributed by atoms with Crippen LogP contribution in [0.5, 0.6) is 0 Å². The van der Waals surface area contributed by atoms with Gasteiger partial charge in [-0.2, -0.15) is 0 Å². The van der Waals surface area contributed by atoms with Crippen LogP contribution in [0.15, 0.2) is 22.7 Å². The minimum absolute atomic E-state index is 0.254. The van der Waals surface area contributed by atoms with Crippen molar-refractivity contribution in [1.82, 2.24) is 5.32 Å². The molecule has 0 spiro atoms. The molecule has 2 nitrogen and oxygen atoms in total. The van der Waals surface area contributed by atoms with Crippen molar-refractivity contribution >= 4 is 26.7 Å². The fraction of sp³-hybridized carbons (Fsp3) is 0.455. The number of hydrogen-bond acceptors (Lipinski definition) is 2. The molecule has 0 heterocycles. The summed E-state index contributed by atoms with van der Waals surface area (Å²) in [5, 5.41) is 3.18. The molecule has 0 aliphatic heterocycles. The number of nitrogens with one attached hydrogen (secondary N) is 1. The van der Waals surface area contributed by atoms with E-state index in [1.807, 2.05) is 6.92 Å². The Labute approximate surface area is 106 Å². The van der Waals surface area contributed by atoms with E-state index in [2.05, 4.69) is 21.2 Å². The van der Waals surface area contributed by atoms with E-state index in [-0.39, 0.29) is 5.82 Å². The molecule has 1 N–H and O–H groups in total. The molecule has 1 aromatic rings. The number of rotatable bonds is 6. The van der Waals surface area contributed by atoms with E-state index in [1.54, 1.807) is 12.1 Å². The van der Waals surface area contributed by atoms with Gasteiger partial charge in [0.05, 0.1) is 4.47 Å². The van der Waals surface area contributed by atoms with Crippen LogP contribution in [0.1, 0.15) is 12.5 Å². The summed E-state index contributed by atoms with van der Waals surface area (Å²) < 4.78 is 24.5. The summed E-state index contributed by atoms with van der Waals surface area (Å²) in [6.07, 6.45) is 0. The molecule has 0 radical (unpaired) electrons. The molecule has 0 amide bonds. The molecular formula is C11H15BrFNOS. The second kappa shape index (κ2) is 7.14. The van der Waals surface area contributed by atoms with E-state index < -0.39 is 10.8 Å². The van der Waals surface area contributed by atoms with Gasteiger partial charge in [0.15, 0.2) is 0 Å². The largest absolute Gasteiger partial charge is 0.312 e. The monoisotopic (exact) mass is 307 g/mol. The Morgan fingerprint density at radius 1 is 1.50 bits per heavy atom. The smallest absolute Gasteiger partial charge is 0.137 e. The normalized spacial score (nSPS) is 12.7. The molecular weight excluding hydrogens is 293 g/mol. The van der Waals surface area contributed by atoms with E-state index in [1.165, 1.54) is 6.07 Å². The summed E-state index contributed by atoms with van der Waals surface area (Å²) in [6.45, 7) is 3.29. The van der Waals surface area contributed by atoms with Gasteiger partial charge in [-0.3, -0.25) is 4.21 Å². The lowest BCUT2D eigenvalue weighted by Gasteiger charge is -2.05. The number of benzene rings is 1. The maximum atomic E-state index is 12.9. The van der Waals surface area contributed by atoms with Gasteiger partial charge in [-0.1, -0.05) is 13.0 Å². The highest BCUT2D eigenvalue weighted by molar-refractivity contribution is 9.10. The number of halogens is 2. The van der Waals surface area contributed by atoms with Gasteiger partial charge in [0.1, 0.15) is 5.82 Å². The minimum atomic E-state index is -0.725. The van der Waals surface area contributed by atoms with Crippen molar-refractivity contribution < 1.29 is 8.60 Å². The summed E-state index contributed by atoms with van der Waals surface area (Å²) in [5.74, 6) is 1.11. The Morgan fingerprint density at radius 3 is 2.88 bits per heavy atom. The minimum Gasteiger partial charge on any atom is -0.312 e. The van der Waals surface area contributed by atoms with E-state index in [0.29, 0.717) is 22.5 Å². The molecule has 0 fully saturated rings. The van der Waals surface area contributed by atoms with Crippen LogP contribution in [0.2, 0.25) is 0 Å². The highest BCUT2D eigenvalue weighted by Crippen LogP contribution is 2.16. The zero-order chi connectivity index (χ0) is 12.0. The molecule has 0 saturated carbocycles. The predicted octanol–water partition coefficient (Wildman–Crippen LogP) is 2.45. The molecule has 16 heavy (non-hydrogen) atoms. The van der Waals surface area contributed by atoms with Crippen molar-refractivity contribution in [3.63, 3.8) is 0 Å². The highest BCUT2D eigenvalue weighted by atomic mass is 79.9. The van der Waals surface area contributed by atoms with Crippen LogP contribution in [0.4, 0.5) is 4.39 Å². The standard InChI is InChI=1S/C11H15BrFNOS/c1-2-16(15)6-5-14-8-9-3-4-11(13)10(12)7-9/h3-4,7,14H,2,5-6,8H2,1H3. The number of hydrogen-bond donors (Lipinski definition) is 1. The van der Waals surface area contributed by atoms with Crippen LogP contribution >= 0.6 is 15.9 Å². The van der Waals surface area contributed by atoms with Gasteiger partial charge in [0.2, 0.25) is 0 Å². The Morgan fingerprint density at radius 2 is 2.25 bits per heavy atom.